The first-order valence-corrected chi connectivity index (χ1v) is 39.5. The molecule has 0 spiro atoms. The molecule has 520 valence electrons. The molecule has 0 aromatic rings. The highest BCUT2D eigenvalue weighted by Crippen LogP contribution is 2.43. The molecule has 0 aliphatic heterocycles. The van der Waals surface area contributed by atoms with Crippen LogP contribution >= 0.6 is 7.82 Å². The summed E-state index contributed by atoms with van der Waals surface area (Å²) < 4.78 is 35.4. The summed E-state index contributed by atoms with van der Waals surface area (Å²) in [5.74, 6) is -1.54. The molecule has 0 aromatic carbocycles. The largest absolute Gasteiger partial charge is 0.472 e. The van der Waals surface area contributed by atoms with Gasteiger partial charge in [-0.05, 0) is 128 Å². The fourth-order valence-electron chi connectivity index (χ4n) is 11.1. The first-order valence-electron chi connectivity index (χ1n) is 38.0. The average molecular weight is 1270 g/mol. The monoisotopic (exact) mass is 1270 g/mol. The van der Waals surface area contributed by atoms with Crippen molar-refractivity contribution in [1.82, 2.24) is 4.90 Å². The summed E-state index contributed by atoms with van der Waals surface area (Å²) in [4.78, 5) is 65.5. The number of hydrogen-bond acceptors (Lipinski definition) is 9. The lowest BCUT2D eigenvalue weighted by Gasteiger charge is -2.23. The van der Waals surface area contributed by atoms with Gasteiger partial charge in [0, 0.05) is 25.7 Å². The molecule has 12 heteroatoms. The first-order chi connectivity index (χ1) is 43.6. The Morgan fingerprint density at radius 2 is 0.596 bits per heavy atom. The van der Waals surface area contributed by atoms with Crippen LogP contribution in [0, 0.1) is 0 Å². The number of unbranched alkanes of at least 4 members (excludes halogenated alkanes) is 44. The molecule has 0 saturated carbocycles. The van der Waals surface area contributed by atoms with Crippen LogP contribution in [-0.4, -0.2) is 66.0 Å². The van der Waals surface area contributed by atoms with E-state index in [4.69, 9.17) is 18.5 Å². The average Bonchev–Trinajstić information content (AvgIpc) is 3.63. The van der Waals surface area contributed by atoms with Gasteiger partial charge in [0.2, 0.25) is 11.8 Å². The van der Waals surface area contributed by atoms with E-state index in [1.54, 1.807) is 0 Å². The van der Waals surface area contributed by atoms with Crippen molar-refractivity contribution in [3.8, 4) is 0 Å². The van der Waals surface area contributed by atoms with Gasteiger partial charge in [0.1, 0.15) is 6.61 Å². The summed E-state index contributed by atoms with van der Waals surface area (Å²) in [6, 6.07) is 0. The Bertz CT molecular complexity index is 1700. The molecule has 0 heterocycles. The van der Waals surface area contributed by atoms with Gasteiger partial charge in [0.05, 0.1) is 19.8 Å². The second-order valence-corrected chi connectivity index (χ2v) is 27.1. The van der Waals surface area contributed by atoms with Crippen molar-refractivity contribution in [3.05, 3.63) is 48.6 Å². The zero-order chi connectivity index (χ0) is 64.9. The molecular formula is C77H142NO10P. The number of amides is 2. The van der Waals surface area contributed by atoms with Crippen LogP contribution in [0.3, 0.4) is 0 Å². The third-order valence-electron chi connectivity index (χ3n) is 16.9. The molecule has 2 amide bonds. The first kappa shape index (κ1) is 86.2. The number of esters is 2. The van der Waals surface area contributed by atoms with Crippen LogP contribution in [0.15, 0.2) is 48.6 Å². The number of nitrogens with zero attached hydrogens (tertiary/aromatic N) is 1. The molecule has 1 N–H and O–H groups in total. The Morgan fingerprint density at radius 1 is 0.337 bits per heavy atom. The summed E-state index contributed by atoms with van der Waals surface area (Å²) >= 11 is 0. The molecule has 0 fully saturated rings. The minimum atomic E-state index is -4.76. The molecule has 11 nitrogen and oxygen atoms in total. The van der Waals surface area contributed by atoms with Gasteiger partial charge in [0.15, 0.2) is 6.10 Å². The molecule has 2 atom stereocenters. The van der Waals surface area contributed by atoms with Crippen molar-refractivity contribution in [2.24, 2.45) is 0 Å². The predicted molar refractivity (Wildman–Crippen MR) is 377 cm³/mol. The zero-order valence-electron chi connectivity index (χ0n) is 58.6. The van der Waals surface area contributed by atoms with Crippen molar-refractivity contribution in [2.45, 2.75) is 393 Å². The predicted octanol–water partition coefficient (Wildman–Crippen LogP) is 24.1. The van der Waals surface area contributed by atoms with E-state index in [1.165, 1.54) is 159 Å². The Morgan fingerprint density at radius 3 is 0.899 bits per heavy atom. The third-order valence-corrected chi connectivity index (χ3v) is 17.9. The van der Waals surface area contributed by atoms with Crippen LogP contribution < -0.4 is 0 Å². The van der Waals surface area contributed by atoms with E-state index < -0.39 is 39.1 Å². The summed E-state index contributed by atoms with van der Waals surface area (Å²) in [6.45, 7) is 7.53. The highest BCUT2D eigenvalue weighted by Gasteiger charge is 2.28. The van der Waals surface area contributed by atoms with Crippen LogP contribution in [0.1, 0.15) is 387 Å². The maximum absolute atomic E-state index is 13.7. The highest BCUT2D eigenvalue weighted by molar-refractivity contribution is 7.47. The van der Waals surface area contributed by atoms with Gasteiger partial charge in [-0.1, -0.05) is 282 Å². The van der Waals surface area contributed by atoms with Gasteiger partial charge >= 0.3 is 19.8 Å². The fraction of sp³-hybridized carbons (Fsp3) is 0.844. The van der Waals surface area contributed by atoms with E-state index in [-0.39, 0.29) is 50.6 Å². The number of phosphoric acid groups is 1. The number of rotatable bonds is 70. The van der Waals surface area contributed by atoms with E-state index in [9.17, 15) is 28.6 Å². The van der Waals surface area contributed by atoms with Gasteiger partial charge in [-0.15, -0.1) is 0 Å². The minimum Gasteiger partial charge on any atom is -0.462 e. The zero-order valence-corrected chi connectivity index (χ0v) is 59.5. The van der Waals surface area contributed by atoms with E-state index in [1.807, 2.05) is 0 Å². The van der Waals surface area contributed by atoms with Gasteiger partial charge in [-0.3, -0.25) is 33.1 Å². The summed E-state index contributed by atoms with van der Waals surface area (Å²) in [6.07, 6.45) is 77.7. The Hall–Kier alpha value is -2.85. The second kappa shape index (κ2) is 69.5. The Labute approximate surface area is 549 Å². The molecule has 0 aliphatic rings. The van der Waals surface area contributed by atoms with E-state index >= 15 is 0 Å². The van der Waals surface area contributed by atoms with Crippen LogP contribution in [0.25, 0.3) is 0 Å². The van der Waals surface area contributed by atoms with Crippen LogP contribution in [-0.2, 0) is 42.3 Å². The lowest BCUT2D eigenvalue weighted by molar-refractivity contribution is -0.161. The topological polar surface area (TPSA) is 146 Å². The number of carbonyl (C=O) groups is 4. The minimum absolute atomic E-state index is 0.163. The SMILES string of the molecule is CCCCCCCC/C=C\CCCCCCCC(=O)OC[C@H](COP(=O)(O)OCCN(C(=O)CCCCCCC/C=C\CCCCCCCC)C(=O)CCCCCCC/C=C\CCCCCCCC)OC(=O)CCCCCCC/C=C\CCCCCCCC. The van der Waals surface area contributed by atoms with Gasteiger partial charge in [-0.2, -0.15) is 0 Å². The number of carbonyl (C=O) groups excluding carboxylic acids is 4. The van der Waals surface area contributed by atoms with Crippen molar-refractivity contribution in [1.29, 1.82) is 0 Å². The smallest absolute Gasteiger partial charge is 0.462 e. The van der Waals surface area contributed by atoms with Crippen molar-refractivity contribution in [2.75, 3.05) is 26.4 Å². The molecule has 0 rings (SSSR count). The second-order valence-electron chi connectivity index (χ2n) is 25.7. The molecule has 89 heavy (non-hydrogen) atoms. The summed E-state index contributed by atoms with van der Waals surface area (Å²) in [7, 11) is -4.76. The summed E-state index contributed by atoms with van der Waals surface area (Å²) in [5, 5.41) is 0. The quantitative estimate of drug-likeness (QED) is 0.0270. The molecular weight excluding hydrogens is 1130 g/mol. The van der Waals surface area contributed by atoms with Gasteiger partial charge in [0.25, 0.3) is 0 Å². The molecule has 0 radical (unpaired) electrons. The Balaban J connectivity index is 5.36. The number of imide groups is 1. The maximum atomic E-state index is 13.7. The van der Waals surface area contributed by atoms with Gasteiger partial charge < -0.3 is 14.4 Å². The van der Waals surface area contributed by atoms with Crippen LogP contribution in [0.5, 0.6) is 0 Å². The lowest BCUT2D eigenvalue weighted by atomic mass is 10.1. The molecule has 0 aliphatic carbocycles. The summed E-state index contributed by atoms with van der Waals surface area (Å²) in [5.41, 5.74) is 0. The fourth-order valence-corrected chi connectivity index (χ4v) is 11.9. The molecule has 0 saturated heterocycles. The molecule has 0 aromatic heterocycles. The highest BCUT2D eigenvalue weighted by atomic mass is 31.2. The van der Waals surface area contributed by atoms with Gasteiger partial charge in [-0.25, -0.2) is 4.57 Å². The number of allylic oxidation sites excluding steroid dienone is 8. The van der Waals surface area contributed by atoms with E-state index in [0.717, 1.165) is 154 Å². The third kappa shape index (κ3) is 65.0. The van der Waals surface area contributed by atoms with Crippen molar-refractivity contribution in [3.63, 3.8) is 0 Å². The van der Waals surface area contributed by atoms with E-state index in [2.05, 4.69) is 76.3 Å². The van der Waals surface area contributed by atoms with E-state index in [0.29, 0.717) is 25.7 Å². The van der Waals surface area contributed by atoms with Crippen molar-refractivity contribution >= 4 is 31.6 Å². The lowest BCUT2D eigenvalue weighted by Crippen LogP contribution is -2.39. The van der Waals surface area contributed by atoms with Crippen molar-refractivity contribution < 1.29 is 47.2 Å². The standard InChI is InChI=1S/C77H142NO10P/c1-5-9-13-17-21-25-29-33-37-41-45-49-53-57-61-65-74(79)78(75(80)66-62-58-54-50-46-42-38-34-30-26-22-18-14-10-6-2)69-70-86-89(83,84)87-72-73(88-77(82)68-64-60-56-52-48-44-40-36-32-28-24-20-16-12-8-4)71-85-76(81)67-63-59-55-51-47-43-39-35-31-27-23-19-15-11-7-3/h33-40,73H,5-32,41-72H2,1-4H3,(H,83,84)/b37-33-,38-34-,39-35-,40-36-/t73-/m1/s1. The van der Waals surface area contributed by atoms with Crippen LogP contribution in [0.4, 0.5) is 0 Å². The molecule has 1 unspecified atom stereocenters. The number of phosphoric ester groups is 1. The molecule has 0 bridgehead atoms. The van der Waals surface area contributed by atoms with Crippen LogP contribution in [0.2, 0.25) is 0 Å². The Kier molecular flexibility index (Phi) is 67.3. The maximum Gasteiger partial charge on any atom is 0.472 e. The normalized spacial score (nSPS) is 13.0. The number of hydrogen-bond donors (Lipinski definition) is 1. The number of ether oxygens (including phenoxy) is 2.